The van der Waals surface area contributed by atoms with Crippen molar-refractivity contribution in [2.45, 2.75) is 13.8 Å². The van der Waals surface area contributed by atoms with E-state index in [1.54, 1.807) is 24.3 Å². The zero-order chi connectivity index (χ0) is 19.9. The minimum absolute atomic E-state index is 0.380. The second-order valence-electron chi connectivity index (χ2n) is 6.12. The van der Waals surface area contributed by atoms with Gasteiger partial charge in [0.25, 0.3) is 6.47 Å². The molecule has 0 heterocycles. The average Bonchev–Trinajstić information content (AvgIpc) is 2.70. The van der Waals surface area contributed by atoms with Crippen molar-refractivity contribution in [3.63, 3.8) is 0 Å². The van der Waals surface area contributed by atoms with Crippen LogP contribution in [-0.2, 0) is 4.79 Å². The Morgan fingerprint density at radius 1 is 0.750 bits per heavy atom. The molecule has 3 rings (SSSR count). The fraction of sp³-hybridized carbons (Fsp3) is 0.0952. The Morgan fingerprint density at radius 2 is 1.25 bits per heavy atom. The van der Waals surface area contributed by atoms with Gasteiger partial charge in [0.2, 0.25) is 0 Å². The monoisotopic (exact) mass is 373 g/mol. The molecule has 2 N–H and O–H groups in total. The minimum Gasteiger partial charge on any atom is -0.429 e. The molecule has 0 aliphatic carbocycles. The zero-order valence-corrected chi connectivity index (χ0v) is 15.5. The largest absolute Gasteiger partial charge is 0.429 e. The number of benzene rings is 3. The SMILES string of the molecule is Cc1cc(N=Nc2ccc(N=Nc3ccc(OC=O)cc3)cc2)c(C)cc1N. The molecule has 0 aliphatic rings. The fourth-order valence-corrected chi connectivity index (χ4v) is 2.39. The normalized spacial score (nSPS) is 11.2. The quantitative estimate of drug-likeness (QED) is 0.314. The Hall–Kier alpha value is -3.87. The van der Waals surface area contributed by atoms with Crippen LogP contribution in [0, 0.1) is 13.8 Å². The lowest BCUT2D eigenvalue weighted by molar-refractivity contribution is -0.120. The summed E-state index contributed by atoms with van der Waals surface area (Å²) in [6.07, 6.45) is 0. The van der Waals surface area contributed by atoms with Gasteiger partial charge < -0.3 is 10.5 Å². The third kappa shape index (κ3) is 4.85. The maximum atomic E-state index is 10.3. The molecule has 0 aliphatic heterocycles. The Labute approximate surface area is 162 Å². The molecule has 0 aromatic heterocycles. The number of aryl methyl sites for hydroxylation is 2. The van der Waals surface area contributed by atoms with Crippen LogP contribution in [-0.4, -0.2) is 6.47 Å². The zero-order valence-electron chi connectivity index (χ0n) is 15.5. The number of azo groups is 2. The van der Waals surface area contributed by atoms with Crippen molar-refractivity contribution in [1.29, 1.82) is 0 Å². The molecule has 140 valence electrons. The summed E-state index contributed by atoms with van der Waals surface area (Å²) in [5, 5.41) is 16.9. The van der Waals surface area contributed by atoms with Crippen LogP contribution < -0.4 is 10.5 Å². The Balaban J connectivity index is 1.68. The van der Waals surface area contributed by atoms with Gasteiger partial charge in [0.05, 0.1) is 22.7 Å². The van der Waals surface area contributed by atoms with E-state index in [2.05, 4.69) is 20.5 Å². The molecule has 0 radical (unpaired) electrons. The van der Waals surface area contributed by atoms with E-state index in [-0.39, 0.29) is 0 Å². The van der Waals surface area contributed by atoms with E-state index >= 15 is 0 Å². The number of hydrogen-bond donors (Lipinski definition) is 1. The molecule has 0 atom stereocenters. The van der Waals surface area contributed by atoms with Crippen LogP contribution in [0.3, 0.4) is 0 Å². The predicted octanol–water partition coefficient (Wildman–Crippen LogP) is 6.25. The van der Waals surface area contributed by atoms with Gasteiger partial charge in [0.1, 0.15) is 5.75 Å². The van der Waals surface area contributed by atoms with Crippen molar-refractivity contribution in [3.8, 4) is 5.75 Å². The van der Waals surface area contributed by atoms with Crippen molar-refractivity contribution >= 4 is 34.9 Å². The predicted molar refractivity (Wildman–Crippen MR) is 108 cm³/mol. The summed E-state index contributed by atoms with van der Waals surface area (Å²) in [5.74, 6) is 0.454. The van der Waals surface area contributed by atoms with Crippen LogP contribution in [0.1, 0.15) is 11.1 Å². The number of carbonyl (C=O) groups is 1. The Kier molecular flexibility index (Phi) is 5.86. The fourth-order valence-electron chi connectivity index (χ4n) is 2.39. The maximum absolute atomic E-state index is 10.3. The van der Waals surface area contributed by atoms with Crippen LogP contribution in [0.2, 0.25) is 0 Å². The smallest absolute Gasteiger partial charge is 0.298 e. The number of hydrogen-bond acceptors (Lipinski definition) is 7. The second-order valence-corrected chi connectivity index (χ2v) is 6.12. The summed E-state index contributed by atoms with van der Waals surface area (Å²) in [4.78, 5) is 10.3. The molecular weight excluding hydrogens is 354 g/mol. The average molecular weight is 373 g/mol. The highest BCUT2D eigenvalue weighted by molar-refractivity contribution is 5.59. The Bertz CT molecular complexity index is 1030. The van der Waals surface area contributed by atoms with E-state index < -0.39 is 0 Å². The molecular formula is C21H19N5O2. The first-order valence-corrected chi connectivity index (χ1v) is 8.56. The van der Waals surface area contributed by atoms with E-state index in [4.69, 9.17) is 10.5 Å². The van der Waals surface area contributed by atoms with Crippen LogP contribution in [0.15, 0.2) is 81.1 Å². The van der Waals surface area contributed by atoms with E-state index in [1.807, 2.05) is 50.2 Å². The summed E-state index contributed by atoms with van der Waals surface area (Å²) in [6, 6.07) is 17.8. The number of carbonyl (C=O) groups excluding carboxylic acids is 1. The van der Waals surface area contributed by atoms with Gasteiger partial charge in [-0.25, -0.2) is 0 Å². The molecule has 0 spiro atoms. The van der Waals surface area contributed by atoms with Crippen molar-refractivity contribution < 1.29 is 9.53 Å². The molecule has 3 aromatic rings. The molecule has 0 unspecified atom stereocenters. The number of anilines is 1. The van der Waals surface area contributed by atoms with Crippen molar-refractivity contribution in [1.82, 2.24) is 0 Å². The third-order valence-corrected chi connectivity index (χ3v) is 4.01. The molecule has 0 fully saturated rings. The standard InChI is InChI=1S/C21H19N5O2/c1-14-12-21(15(2)11-20(14)22)26-25-17-5-3-16(4-6-17)23-24-18-7-9-19(10-8-18)28-13-27/h3-13H,22H2,1-2H3. The third-order valence-electron chi connectivity index (χ3n) is 4.01. The van der Waals surface area contributed by atoms with E-state index in [0.29, 0.717) is 29.3 Å². The lowest BCUT2D eigenvalue weighted by Gasteiger charge is -2.04. The van der Waals surface area contributed by atoms with Crippen molar-refractivity contribution in [2.75, 3.05) is 5.73 Å². The first kappa shape index (κ1) is 18.9. The van der Waals surface area contributed by atoms with Gasteiger partial charge in [-0.05, 0) is 85.6 Å². The number of ether oxygens (including phenoxy) is 1. The lowest BCUT2D eigenvalue weighted by atomic mass is 10.1. The molecule has 3 aromatic carbocycles. The number of rotatable bonds is 6. The second kappa shape index (κ2) is 8.68. The van der Waals surface area contributed by atoms with Gasteiger partial charge in [-0.15, -0.1) is 0 Å². The molecule has 0 amide bonds. The molecule has 28 heavy (non-hydrogen) atoms. The van der Waals surface area contributed by atoms with Gasteiger partial charge >= 0.3 is 0 Å². The highest BCUT2D eigenvalue weighted by Crippen LogP contribution is 2.28. The molecule has 7 heteroatoms. The topological polar surface area (TPSA) is 102 Å². The van der Waals surface area contributed by atoms with Crippen LogP contribution in [0.5, 0.6) is 5.75 Å². The van der Waals surface area contributed by atoms with Crippen molar-refractivity contribution in [2.24, 2.45) is 20.5 Å². The molecule has 0 bridgehead atoms. The maximum Gasteiger partial charge on any atom is 0.298 e. The van der Waals surface area contributed by atoms with Gasteiger partial charge in [0.15, 0.2) is 0 Å². The lowest BCUT2D eigenvalue weighted by Crippen LogP contribution is -1.89. The van der Waals surface area contributed by atoms with Gasteiger partial charge in [0, 0.05) is 5.69 Å². The minimum atomic E-state index is 0.380. The first-order valence-electron chi connectivity index (χ1n) is 8.56. The van der Waals surface area contributed by atoms with E-state index in [0.717, 1.165) is 22.5 Å². The number of nitrogen functional groups attached to an aromatic ring is 1. The van der Waals surface area contributed by atoms with Gasteiger partial charge in [-0.2, -0.15) is 20.5 Å². The molecule has 0 saturated heterocycles. The number of nitrogens with zero attached hydrogens (tertiary/aromatic N) is 4. The van der Waals surface area contributed by atoms with Gasteiger partial charge in [-0.1, -0.05) is 0 Å². The summed E-state index contributed by atoms with van der Waals surface area (Å²) in [5.41, 5.74) is 11.4. The first-order chi connectivity index (χ1) is 13.5. The van der Waals surface area contributed by atoms with E-state index in [9.17, 15) is 4.79 Å². The highest BCUT2D eigenvalue weighted by atomic mass is 16.5. The Morgan fingerprint density at radius 3 is 1.79 bits per heavy atom. The number of nitrogens with two attached hydrogens (primary N) is 1. The summed E-state index contributed by atoms with van der Waals surface area (Å²) in [6.45, 7) is 4.27. The van der Waals surface area contributed by atoms with Crippen molar-refractivity contribution in [3.05, 3.63) is 71.8 Å². The molecule has 0 saturated carbocycles. The van der Waals surface area contributed by atoms with Crippen LogP contribution >= 0.6 is 0 Å². The van der Waals surface area contributed by atoms with Crippen LogP contribution in [0.25, 0.3) is 0 Å². The summed E-state index contributed by atoms with van der Waals surface area (Å²) >= 11 is 0. The van der Waals surface area contributed by atoms with E-state index in [1.165, 1.54) is 0 Å². The summed E-state index contributed by atoms with van der Waals surface area (Å²) in [7, 11) is 0. The van der Waals surface area contributed by atoms with Crippen LogP contribution in [0.4, 0.5) is 28.4 Å². The summed E-state index contributed by atoms with van der Waals surface area (Å²) < 4.78 is 4.73. The molecule has 7 nitrogen and oxygen atoms in total. The van der Waals surface area contributed by atoms with Gasteiger partial charge in [-0.3, -0.25) is 4.79 Å². The highest BCUT2D eigenvalue weighted by Gasteiger charge is 2.01.